The van der Waals surface area contributed by atoms with E-state index in [2.05, 4.69) is 15.5 Å². The molecule has 1 aliphatic heterocycles. The van der Waals surface area contributed by atoms with E-state index in [1.807, 2.05) is 0 Å². The van der Waals surface area contributed by atoms with Gasteiger partial charge in [0.1, 0.15) is 5.71 Å². The minimum atomic E-state index is -1.43. The Hall–Kier alpha value is -2.44. The molecule has 1 aliphatic rings. The van der Waals surface area contributed by atoms with E-state index < -0.39 is 17.7 Å². The lowest BCUT2D eigenvalue weighted by Gasteiger charge is -2.33. The molecule has 12 nitrogen and oxygen atoms in total. The molecule has 12 heteroatoms. The molecule has 0 radical (unpaired) electrons. The highest BCUT2D eigenvalue weighted by Gasteiger charge is 2.46. The van der Waals surface area contributed by atoms with Crippen LogP contribution in [-0.2, 0) is 0 Å². The van der Waals surface area contributed by atoms with Crippen molar-refractivity contribution in [2.24, 2.45) is 33.2 Å². The number of nitrogens with two attached hydrogens (primary N) is 4. The van der Waals surface area contributed by atoms with Crippen molar-refractivity contribution in [3.63, 3.8) is 0 Å². The summed E-state index contributed by atoms with van der Waals surface area (Å²) < 4.78 is 0. The smallest absolute Gasteiger partial charge is 0.335 e. The molecule has 0 aromatic carbocycles. The molecule has 1 heterocycles. The van der Waals surface area contributed by atoms with E-state index in [0.29, 0.717) is 10.0 Å². The quantitative estimate of drug-likeness (QED) is 0.177. The van der Waals surface area contributed by atoms with Gasteiger partial charge in [-0.15, -0.1) is 0 Å². The van der Waals surface area contributed by atoms with Crippen LogP contribution in [0.15, 0.2) is 10.1 Å². The highest BCUT2D eigenvalue weighted by atomic mass is 16.3. The highest BCUT2D eigenvalue weighted by Crippen LogP contribution is 2.18. The number of amidine groups is 1. The first kappa shape index (κ1) is 15.6. The molecule has 10 N–H and O–H groups in total. The van der Waals surface area contributed by atoms with E-state index in [1.165, 1.54) is 6.92 Å². The number of carbonyl (C=O) groups excluding carboxylic acids is 2. The van der Waals surface area contributed by atoms with E-state index in [9.17, 15) is 9.59 Å². The van der Waals surface area contributed by atoms with Crippen LogP contribution in [-0.4, -0.2) is 57.5 Å². The third kappa shape index (κ3) is 2.61. The largest absolute Gasteiger partial charge is 0.394 e. The number of aliphatic hydroxyl groups excluding tert-OH is 1. The molecular weight excluding hydrogens is 270 g/mol. The molecule has 0 aliphatic carbocycles. The zero-order chi connectivity index (χ0) is 15.5. The van der Waals surface area contributed by atoms with Gasteiger partial charge in [0, 0.05) is 0 Å². The molecule has 20 heavy (non-hydrogen) atoms. The molecule has 112 valence electrons. The summed E-state index contributed by atoms with van der Waals surface area (Å²) in [6.07, 6.45) is 0. The van der Waals surface area contributed by atoms with Gasteiger partial charge in [-0.1, -0.05) is 0 Å². The Morgan fingerprint density at radius 3 is 2.45 bits per heavy atom. The predicted molar refractivity (Wildman–Crippen MR) is 69.6 cm³/mol. The normalized spacial score (nSPS) is 23.2. The fraction of sp³-hybridized carbons (Fsp3) is 0.500. The molecule has 4 amide bonds. The Morgan fingerprint density at radius 1 is 1.40 bits per heavy atom. The molecule has 0 fully saturated rings. The van der Waals surface area contributed by atoms with Gasteiger partial charge in [-0.2, -0.15) is 5.10 Å². The first-order valence-corrected chi connectivity index (χ1v) is 5.45. The number of carbonyl (C=O) groups is 2. The summed E-state index contributed by atoms with van der Waals surface area (Å²) in [5, 5.41) is 13.8. The molecule has 0 bridgehead atoms. The minimum absolute atomic E-state index is 0.0230. The first-order valence-electron chi connectivity index (χ1n) is 5.45. The van der Waals surface area contributed by atoms with Crippen LogP contribution >= 0.6 is 0 Å². The van der Waals surface area contributed by atoms with E-state index in [1.54, 1.807) is 0 Å². The van der Waals surface area contributed by atoms with Crippen molar-refractivity contribution >= 4 is 23.6 Å². The lowest BCUT2D eigenvalue weighted by Crippen LogP contribution is -2.66. The fourth-order valence-electron chi connectivity index (χ4n) is 1.53. The number of rotatable bonds is 3. The second-order valence-electron chi connectivity index (χ2n) is 3.99. The second-order valence-corrected chi connectivity index (χ2v) is 3.99. The van der Waals surface area contributed by atoms with Gasteiger partial charge >= 0.3 is 12.1 Å². The predicted octanol–water partition coefficient (Wildman–Crippen LogP) is -3.44. The van der Waals surface area contributed by atoms with Gasteiger partial charge < -0.3 is 16.6 Å². The van der Waals surface area contributed by atoms with Gasteiger partial charge in [0.2, 0.25) is 0 Å². The van der Waals surface area contributed by atoms with Crippen LogP contribution in [0.5, 0.6) is 0 Å². The second kappa shape index (κ2) is 5.68. The van der Waals surface area contributed by atoms with Crippen LogP contribution in [0.1, 0.15) is 6.92 Å². The standard InChI is InChI=1S/C8H17N9O3/c1-8(17(12)7(10)20)4(13-2-3-18)5(14-15-8)16(11)6(9)19/h15,18H,2-3,11-12H2,1H3,(H2,9,19)(H2,10,20). The number of hydrogen-bond acceptors (Lipinski definition) is 8. The summed E-state index contributed by atoms with van der Waals surface area (Å²) in [4.78, 5) is 26.3. The Morgan fingerprint density at radius 2 is 2.00 bits per heavy atom. The Kier molecular flexibility index (Phi) is 4.44. The van der Waals surface area contributed by atoms with Crippen molar-refractivity contribution in [3.05, 3.63) is 0 Å². The van der Waals surface area contributed by atoms with Crippen LogP contribution in [0.4, 0.5) is 9.59 Å². The summed E-state index contributed by atoms with van der Waals surface area (Å²) in [6.45, 7) is 1.15. The highest BCUT2D eigenvalue weighted by molar-refractivity contribution is 6.47. The van der Waals surface area contributed by atoms with Gasteiger partial charge in [0.15, 0.2) is 11.5 Å². The number of aliphatic hydroxyl groups is 1. The van der Waals surface area contributed by atoms with Crippen molar-refractivity contribution in [1.29, 1.82) is 0 Å². The third-order valence-corrected chi connectivity index (χ3v) is 2.61. The Bertz CT molecular complexity index is 476. The maximum atomic E-state index is 11.2. The van der Waals surface area contributed by atoms with Gasteiger partial charge in [-0.05, 0) is 6.92 Å². The number of nitrogens with zero attached hydrogens (tertiary/aromatic N) is 4. The number of urea groups is 2. The number of primary amides is 2. The van der Waals surface area contributed by atoms with Crippen LogP contribution in [0.2, 0.25) is 0 Å². The molecule has 0 aromatic rings. The number of hydrazine groups is 2. The number of hydrogen-bond donors (Lipinski definition) is 6. The van der Waals surface area contributed by atoms with Gasteiger partial charge in [-0.3, -0.25) is 10.4 Å². The average molecular weight is 287 g/mol. The summed E-state index contributed by atoms with van der Waals surface area (Å²) in [5.41, 5.74) is 11.3. The molecule has 0 aromatic heterocycles. The molecule has 0 spiro atoms. The number of amides is 4. The van der Waals surface area contributed by atoms with E-state index in [0.717, 1.165) is 0 Å². The third-order valence-electron chi connectivity index (χ3n) is 2.61. The minimum Gasteiger partial charge on any atom is -0.394 e. The Labute approximate surface area is 114 Å². The topological polar surface area (TPSA) is 202 Å². The first-order chi connectivity index (χ1) is 9.25. The lowest BCUT2D eigenvalue weighted by atomic mass is 10.1. The molecule has 0 saturated carbocycles. The monoisotopic (exact) mass is 287 g/mol. The van der Waals surface area contributed by atoms with E-state index in [-0.39, 0.29) is 24.7 Å². The van der Waals surface area contributed by atoms with Crippen molar-refractivity contribution in [3.8, 4) is 0 Å². The van der Waals surface area contributed by atoms with Crippen LogP contribution in [0, 0.1) is 0 Å². The molecule has 1 unspecified atom stereocenters. The molecule has 0 saturated heterocycles. The molecule has 1 rings (SSSR count). The lowest BCUT2D eigenvalue weighted by molar-refractivity contribution is 0.154. The van der Waals surface area contributed by atoms with Gasteiger partial charge in [0.25, 0.3) is 0 Å². The molecular formula is C8H17N9O3. The fourth-order valence-corrected chi connectivity index (χ4v) is 1.53. The summed E-state index contributed by atoms with van der Waals surface area (Å²) in [7, 11) is 0. The SMILES string of the molecule is CC1(N(N)C(N)=O)NN=C(N(N)C(N)=O)C1=NCCO. The van der Waals surface area contributed by atoms with Crippen molar-refractivity contribution in [2.75, 3.05) is 13.2 Å². The van der Waals surface area contributed by atoms with Crippen molar-refractivity contribution < 1.29 is 14.7 Å². The summed E-state index contributed by atoms with van der Waals surface area (Å²) in [5.74, 6) is 10.9. The van der Waals surface area contributed by atoms with E-state index in [4.69, 9.17) is 28.3 Å². The maximum absolute atomic E-state index is 11.2. The van der Waals surface area contributed by atoms with Gasteiger partial charge in [-0.25, -0.2) is 31.3 Å². The average Bonchev–Trinajstić information content (AvgIpc) is 2.72. The molecule has 1 atom stereocenters. The Balaban J connectivity index is 3.20. The van der Waals surface area contributed by atoms with Crippen LogP contribution in [0.3, 0.4) is 0 Å². The maximum Gasteiger partial charge on any atom is 0.335 e. The zero-order valence-corrected chi connectivity index (χ0v) is 10.8. The van der Waals surface area contributed by atoms with Crippen LogP contribution < -0.4 is 28.6 Å². The number of hydrazone groups is 1. The van der Waals surface area contributed by atoms with E-state index >= 15 is 0 Å². The van der Waals surface area contributed by atoms with Gasteiger partial charge in [0.05, 0.1) is 13.2 Å². The number of nitrogens with one attached hydrogen (secondary N) is 1. The van der Waals surface area contributed by atoms with Crippen molar-refractivity contribution in [2.45, 2.75) is 12.6 Å². The summed E-state index contributed by atoms with van der Waals surface area (Å²) >= 11 is 0. The number of aliphatic imine (C=N–C) groups is 1. The zero-order valence-electron chi connectivity index (χ0n) is 10.8. The van der Waals surface area contributed by atoms with Crippen LogP contribution in [0.25, 0.3) is 0 Å². The summed E-state index contributed by atoms with van der Waals surface area (Å²) in [6, 6.07) is -1.95. The van der Waals surface area contributed by atoms with Crippen molar-refractivity contribution in [1.82, 2.24) is 15.4 Å².